The van der Waals surface area contributed by atoms with E-state index in [0.29, 0.717) is 5.01 Å². The summed E-state index contributed by atoms with van der Waals surface area (Å²) in [5.41, 5.74) is 1.06. The number of quaternary nitrogens is 1. The Morgan fingerprint density at radius 1 is 1.29 bits per heavy atom. The van der Waals surface area contributed by atoms with E-state index in [-0.39, 0.29) is 11.4 Å². The summed E-state index contributed by atoms with van der Waals surface area (Å²) < 4.78 is 0.959. The molecule has 0 saturated carbocycles. The Labute approximate surface area is 124 Å². The van der Waals surface area contributed by atoms with Gasteiger partial charge in [0.25, 0.3) is 0 Å². The molecule has 104 valence electrons. The van der Waals surface area contributed by atoms with Crippen LogP contribution in [0.3, 0.4) is 0 Å². The molecule has 0 amide bonds. The number of hydrogen-bond acceptors (Lipinski definition) is 6. The summed E-state index contributed by atoms with van der Waals surface area (Å²) in [6.45, 7) is 0. The van der Waals surface area contributed by atoms with E-state index in [1.54, 1.807) is 6.07 Å². The first-order valence-corrected chi connectivity index (χ1v) is 6.95. The third-order valence-corrected chi connectivity index (χ3v) is 4.13. The van der Waals surface area contributed by atoms with Gasteiger partial charge in [0.2, 0.25) is 0 Å². The summed E-state index contributed by atoms with van der Waals surface area (Å²) in [6, 6.07) is 12.7. The van der Waals surface area contributed by atoms with E-state index >= 15 is 0 Å². The molecule has 0 bridgehead atoms. The van der Waals surface area contributed by atoms with E-state index in [9.17, 15) is 15.7 Å². The Morgan fingerprint density at radius 3 is 2.81 bits per heavy atom. The zero-order valence-corrected chi connectivity index (χ0v) is 11.5. The van der Waals surface area contributed by atoms with Crippen molar-refractivity contribution < 1.29 is 10.4 Å². The number of hydrogen-bond donors (Lipinski definition) is 2. The topological polar surface area (TPSA) is 97.3 Å². The molecule has 7 heteroatoms. The maximum absolute atomic E-state index is 11.3. The lowest BCUT2D eigenvalue weighted by Crippen LogP contribution is -2.99. The van der Waals surface area contributed by atoms with Gasteiger partial charge in [-0.15, -0.1) is 11.3 Å². The molecule has 6 nitrogen and oxygen atoms in total. The quantitative estimate of drug-likeness (QED) is 0.718. The Bertz CT molecular complexity index is 792. The SMILES string of the molecule is N#C[C@H](c1nc2ccccc2s1)c1ncccc1[NH+]([O-])O. The molecule has 21 heavy (non-hydrogen) atoms. The van der Waals surface area contributed by atoms with Gasteiger partial charge in [-0.25, -0.2) is 10.2 Å². The third kappa shape index (κ3) is 2.49. The highest BCUT2D eigenvalue weighted by atomic mass is 32.1. The average molecular weight is 298 g/mol. The number of benzene rings is 1. The molecule has 2 aromatic heterocycles. The molecular formula is C14H10N4O2S. The molecule has 0 saturated heterocycles. The molecule has 1 aromatic carbocycles. The molecule has 0 radical (unpaired) electrons. The normalized spacial score (nSPS) is 13.8. The van der Waals surface area contributed by atoms with Crippen molar-refractivity contribution in [1.82, 2.24) is 9.97 Å². The van der Waals surface area contributed by atoms with Gasteiger partial charge in [-0.1, -0.05) is 12.1 Å². The predicted octanol–water partition coefficient (Wildman–Crippen LogP) is 1.75. The highest BCUT2D eigenvalue weighted by Gasteiger charge is 2.25. The van der Waals surface area contributed by atoms with Gasteiger partial charge in [-0.05, 0) is 18.2 Å². The number of nitrogens with zero attached hydrogens (tertiary/aromatic N) is 3. The lowest BCUT2D eigenvalue weighted by Gasteiger charge is -2.16. The highest BCUT2D eigenvalue weighted by Crippen LogP contribution is 2.32. The van der Waals surface area contributed by atoms with E-state index in [2.05, 4.69) is 16.0 Å². The number of para-hydroxylation sites is 1. The highest BCUT2D eigenvalue weighted by molar-refractivity contribution is 7.18. The van der Waals surface area contributed by atoms with Crippen molar-refractivity contribution in [2.75, 3.05) is 0 Å². The number of thiazole rings is 1. The van der Waals surface area contributed by atoms with Crippen molar-refractivity contribution in [2.45, 2.75) is 5.92 Å². The maximum Gasteiger partial charge on any atom is 0.187 e. The number of pyridine rings is 1. The molecule has 3 aromatic rings. The fraction of sp³-hybridized carbons (Fsp3) is 0.0714. The minimum Gasteiger partial charge on any atom is -0.595 e. The zero-order chi connectivity index (χ0) is 14.8. The van der Waals surface area contributed by atoms with E-state index in [4.69, 9.17) is 0 Å². The molecule has 0 aliphatic carbocycles. The van der Waals surface area contributed by atoms with E-state index in [1.807, 2.05) is 24.3 Å². The van der Waals surface area contributed by atoms with Gasteiger partial charge < -0.3 is 5.21 Å². The van der Waals surface area contributed by atoms with Gasteiger partial charge in [-0.2, -0.15) is 10.5 Å². The number of rotatable bonds is 3. The zero-order valence-electron chi connectivity index (χ0n) is 10.7. The average Bonchev–Trinajstić information content (AvgIpc) is 2.92. The molecule has 2 atom stereocenters. The largest absolute Gasteiger partial charge is 0.595 e. The van der Waals surface area contributed by atoms with Crippen LogP contribution in [0.2, 0.25) is 0 Å². The van der Waals surface area contributed by atoms with Crippen molar-refractivity contribution in [3.63, 3.8) is 0 Å². The molecule has 0 fully saturated rings. The molecule has 3 rings (SSSR count). The van der Waals surface area contributed by atoms with Gasteiger partial charge in [0.05, 0.1) is 16.3 Å². The Kier molecular flexibility index (Phi) is 3.60. The third-order valence-electron chi connectivity index (χ3n) is 3.03. The summed E-state index contributed by atoms with van der Waals surface area (Å²) in [7, 11) is 0. The minimum atomic E-state index is -1.10. The van der Waals surface area contributed by atoms with Crippen LogP contribution in [0.4, 0.5) is 5.69 Å². The molecule has 0 aliphatic heterocycles. The van der Waals surface area contributed by atoms with Crippen molar-refractivity contribution in [3.05, 3.63) is 58.5 Å². The summed E-state index contributed by atoms with van der Waals surface area (Å²) in [5, 5.41) is 29.4. The molecular weight excluding hydrogens is 288 g/mol. The van der Waals surface area contributed by atoms with Gasteiger partial charge in [0.15, 0.2) is 5.69 Å². The smallest absolute Gasteiger partial charge is 0.187 e. The van der Waals surface area contributed by atoms with Crippen LogP contribution in [0.1, 0.15) is 16.6 Å². The fourth-order valence-corrected chi connectivity index (χ4v) is 3.09. The van der Waals surface area contributed by atoms with Crippen LogP contribution >= 0.6 is 11.3 Å². The second-order valence-corrected chi connectivity index (χ2v) is 5.39. The van der Waals surface area contributed by atoms with Crippen LogP contribution in [-0.2, 0) is 0 Å². The summed E-state index contributed by atoms with van der Waals surface area (Å²) >= 11 is 1.38. The van der Waals surface area contributed by atoms with Gasteiger partial charge >= 0.3 is 0 Å². The van der Waals surface area contributed by atoms with Gasteiger partial charge in [-0.3, -0.25) is 4.98 Å². The van der Waals surface area contributed by atoms with E-state index in [0.717, 1.165) is 10.2 Å². The first-order valence-electron chi connectivity index (χ1n) is 6.14. The Hall–Kier alpha value is -2.37. The predicted molar refractivity (Wildman–Crippen MR) is 77.1 cm³/mol. The van der Waals surface area contributed by atoms with Gasteiger partial charge in [0, 0.05) is 12.3 Å². The lowest BCUT2D eigenvalue weighted by molar-refractivity contribution is -0.991. The second kappa shape index (κ2) is 5.55. The summed E-state index contributed by atoms with van der Waals surface area (Å²) in [6.07, 6.45) is 1.49. The summed E-state index contributed by atoms with van der Waals surface area (Å²) in [5.74, 6) is -0.783. The monoisotopic (exact) mass is 298 g/mol. The van der Waals surface area contributed by atoms with Crippen molar-refractivity contribution in [1.29, 1.82) is 5.26 Å². The first-order chi connectivity index (χ1) is 10.2. The van der Waals surface area contributed by atoms with E-state index < -0.39 is 11.1 Å². The number of fused-ring (bicyclic) bond motifs is 1. The van der Waals surface area contributed by atoms with Crippen LogP contribution in [0.15, 0.2) is 42.6 Å². The number of aromatic nitrogens is 2. The number of nitrogens with one attached hydrogen (secondary N) is 1. The maximum atomic E-state index is 11.3. The molecule has 2 N–H and O–H groups in total. The minimum absolute atomic E-state index is 0.0308. The lowest BCUT2D eigenvalue weighted by atomic mass is 10.1. The Balaban J connectivity index is 2.13. The second-order valence-electron chi connectivity index (χ2n) is 4.32. The molecule has 0 aliphatic rings. The molecule has 1 unspecified atom stereocenters. The van der Waals surface area contributed by atoms with Crippen LogP contribution in [0.5, 0.6) is 0 Å². The fourth-order valence-electron chi connectivity index (χ4n) is 2.08. The molecule has 0 spiro atoms. The van der Waals surface area contributed by atoms with Crippen molar-refractivity contribution >= 4 is 27.2 Å². The summed E-state index contributed by atoms with van der Waals surface area (Å²) in [4.78, 5) is 8.50. The van der Waals surface area contributed by atoms with Crippen LogP contribution in [-0.4, -0.2) is 15.2 Å². The Morgan fingerprint density at radius 2 is 2.10 bits per heavy atom. The van der Waals surface area contributed by atoms with Crippen molar-refractivity contribution in [3.8, 4) is 6.07 Å². The molecule has 2 heterocycles. The van der Waals surface area contributed by atoms with Crippen LogP contribution in [0, 0.1) is 16.5 Å². The first kappa shape index (κ1) is 13.6. The van der Waals surface area contributed by atoms with Crippen LogP contribution in [0.25, 0.3) is 10.2 Å². The van der Waals surface area contributed by atoms with Crippen LogP contribution < -0.4 is 5.23 Å². The van der Waals surface area contributed by atoms with Gasteiger partial charge in [0.1, 0.15) is 16.6 Å². The van der Waals surface area contributed by atoms with Crippen molar-refractivity contribution in [2.24, 2.45) is 0 Å². The van der Waals surface area contributed by atoms with E-state index in [1.165, 1.54) is 23.6 Å². The standard InChI is InChI=1S/C14H10N4O2S/c15-8-9(13-11(18(19)20)5-3-7-16-13)14-17-10-4-1-2-6-12(10)21-14/h1-7,9,18-19H/t9-/m0/s1. The number of nitriles is 1.